The molecular formula is C72H50N2OSi. The van der Waals surface area contributed by atoms with Gasteiger partial charge in [0.25, 0.3) is 0 Å². The average molecular weight is 987 g/mol. The van der Waals surface area contributed by atoms with Gasteiger partial charge in [-0.15, -0.1) is 0 Å². The normalized spacial score (nSPS) is 13.9. The first-order chi connectivity index (χ1) is 37.7. The van der Waals surface area contributed by atoms with Gasteiger partial charge in [0, 0.05) is 50.2 Å². The fraction of sp³-hybridized carbons (Fsp3) is 0.0278. The molecule has 13 aromatic rings. The zero-order valence-electron chi connectivity index (χ0n) is 41.7. The lowest BCUT2D eigenvalue weighted by molar-refractivity contribution is 0.669. The maximum Gasteiger partial charge on any atom is 0.179 e. The summed E-state index contributed by atoms with van der Waals surface area (Å²) in [7, 11) is -2.64. The van der Waals surface area contributed by atoms with Crippen molar-refractivity contribution in [3.8, 4) is 33.4 Å². The number of rotatable bonds is 10. The van der Waals surface area contributed by atoms with Gasteiger partial charge >= 0.3 is 0 Å². The van der Waals surface area contributed by atoms with Gasteiger partial charge in [0.1, 0.15) is 11.2 Å². The second kappa shape index (κ2) is 17.9. The van der Waals surface area contributed by atoms with E-state index in [0.717, 1.165) is 56.5 Å². The standard InChI is InChI=1S/C72H50N2OSi/c1-4-16-58(17-5-1)76(59-18-6-2-7-19-59,60-20-8-3-9-21-60)61-43-34-50(35-44-61)49-28-37-55(38-29-49)73(56-39-30-51(31-40-56)53-36-45-65-64-24-12-15-27-70(64)75-71(65)48-53)57-41-32-52(33-42-57)54-46-66-62-22-10-13-25-68(62)74-69-26-14-11-23-63(69)67(47-54)72(66)74/h1-22,24-48,63H,23H2. The van der Waals surface area contributed by atoms with Crippen LogP contribution in [0.2, 0.25) is 0 Å². The second-order valence-corrected chi connectivity index (χ2v) is 24.1. The van der Waals surface area contributed by atoms with E-state index < -0.39 is 8.07 Å². The summed E-state index contributed by atoms with van der Waals surface area (Å²) < 4.78 is 8.82. The Balaban J connectivity index is 0.803. The van der Waals surface area contributed by atoms with Gasteiger partial charge in [0.15, 0.2) is 8.07 Å². The molecule has 11 aromatic carbocycles. The van der Waals surface area contributed by atoms with Crippen LogP contribution in [0.1, 0.15) is 17.9 Å². The van der Waals surface area contributed by atoms with Crippen molar-refractivity contribution in [1.29, 1.82) is 0 Å². The first-order valence-corrected chi connectivity index (χ1v) is 28.4. The lowest BCUT2D eigenvalue weighted by Crippen LogP contribution is -2.74. The zero-order chi connectivity index (χ0) is 50.2. The first-order valence-electron chi connectivity index (χ1n) is 26.4. The van der Waals surface area contributed by atoms with Crippen LogP contribution >= 0.6 is 0 Å². The first kappa shape index (κ1) is 44.0. The highest BCUT2D eigenvalue weighted by Gasteiger charge is 2.41. The molecule has 0 N–H and O–H groups in total. The number of allylic oxidation sites excluding steroid dienone is 4. The fourth-order valence-electron chi connectivity index (χ4n) is 12.7. The summed E-state index contributed by atoms with van der Waals surface area (Å²) in [5.41, 5.74) is 17.6. The third-order valence-electron chi connectivity index (χ3n) is 16.3. The summed E-state index contributed by atoms with van der Waals surface area (Å²) in [6, 6.07) is 98.6. The molecule has 0 bridgehead atoms. The number of para-hydroxylation sites is 2. The van der Waals surface area contributed by atoms with Gasteiger partial charge in [0.2, 0.25) is 0 Å². The molecule has 3 nitrogen and oxygen atoms in total. The number of benzene rings is 11. The van der Waals surface area contributed by atoms with Crippen molar-refractivity contribution in [2.45, 2.75) is 12.3 Å². The van der Waals surface area contributed by atoms with Crippen LogP contribution in [0.5, 0.6) is 0 Å². The molecule has 0 fully saturated rings. The van der Waals surface area contributed by atoms with Crippen molar-refractivity contribution >= 4 is 95.3 Å². The van der Waals surface area contributed by atoms with Crippen LogP contribution < -0.4 is 25.6 Å². The minimum Gasteiger partial charge on any atom is -0.456 e. The molecule has 3 heterocycles. The molecule has 1 aliphatic carbocycles. The van der Waals surface area contributed by atoms with E-state index in [0.29, 0.717) is 5.92 Å². The van der Waals surface area contributed by atoms with Gasteiger partial charge in [-0.1, -0.05) is 206 Å². The molecule has 1 unspecified atom stereocenters. The van der Waals surface area contributed by atoms with Crippen molar-refractivity contribution in [2.24, 2.45) is 0 Å². The highest BCUT2D eigenvalue weighted by atomic mass is 28.3. The number of furan rings is 1. The summed E-state index contributed by atoms with van der Waals surface area (Å²) in [6.07, 6.45) is 7.87. The fourth-order valence-corrected chi connectivity index (χ4v) is 17.4. The van der Waals surface area contributed by atoms with Gasteiger partial charge in [-0.3, -0.25) is 0 Å². The summed E-state index contributed by atoms with van der Waals surface area (Å²) in [5, 5.41) is 10.4. The van der Waals surface area contributed by atoms with Gasteiger partial charge in [-0.2, -0.15) is 0 Å². The van der Waals surface area contributed by atoms with Crippen LogP contribution in [-0.2, 0) is 0 Å². The molecule has 1 aliphatic heterocycles. The Morgan fingerprint density at radius 3 is 1.46 bits per heavy atom. The van der Waals surface area contributed by atoms with Gasteiger partial charge in [0.05, 0.1) is 11.0 Å². The number of nitrogens with zero attached hydrogens (tertiary/aromatic N) is 2. The van der Waals surface area contributed by atoms with E-state index in [2.05, 4.69) is 282 Å². The average Bonchev–Trinajstić information content (AvgIpc) is 4.19. The van der Waals surface area contributed by atoms with Crippen LogP contribution in [0, 0.1) is 0 Å². The van der Waals surface area contributed by atoms with E-state index in [1.165, 1.54) is 76.1 Å². The quantitative estimate of drug-likeness (QED) is 0.101. The van der Waals surface area contributed by atoms with Crippen LogP contribution in [0.3, 0.4) is 0 Å². The van der Waals surface area contributed by atoms with E-state index in [-0.39, 0.29) is 0 Å². The third-order valence-corrected chi connectivity index (χ3v) is 21.1. The Morgan fingerprint density at radius 2 is 0.855 bits per heavy atom. The number of fused-ring (bicyclic) bond motifs is 9. The van der Waals surface area contributed by atoms with E-state index in [1.807, 2.05) is 12.1 Å². The molecule has 4 heteroatoms. The highest BCUT2D eigenvalue weighted by molar-refractivity contribution is 7.19. The minimum atomic E-state index is -2.64. The van der Waals surface area contributed by atoms with Gasteiger partial charge in [-0.05, 0) is 145 Å². The topological polar surface area (TPSA) is 21.3 Å². The van der Waals surface area contributed by atoms with Crippen molar-refractivity contribution in [2.75, 3.05) is 4.90 Å². The largest absolute Gasteiger partial charge is 0.456 e. The Morgan fingerprint density at radius 1 is 0.382 bits per heavy atom. The van der Waals surface area contributed by atoms with Crippen LogP contribution in [0.15, 0.2) is 290 Å². The van der Waals surface area contributed by atoms with Crippen molar-refractivity contribution in [3.63, 3.8) is 0 Å². The summed E-state index contributed by atoms with van der Waals surface area (Å²) >= 11 is 0. The number of anilines is 3. The predicted octanol–water partition coefficient (Wildman–Crippen LogP) is 16.4. The SMILES string of the molecule is C1=CCC2C(=C1)n1c3ccccc3c3cc(-c4ccc(N(c5ccc(-c6ccc([Si](c7ccccc7)(c7ccccc7)c7ccccc7)cc6)cc5)c5ccc(-c6ccc7c(c6)oc6ccccc67)cc5)cc4)cc2c31. The summed E-state index contributed by atoms with van der Waals surface area (Å²) in [5.74, 6) is 0.361. The molecule has 0 saturated carbocycles. The Labute approximate surface area is 443 Å². The maximum atomic E-state index is 6.31. The van der Waals surface area contributed by atoms with E-state index in [1.54, 1.807) is 0 Å². The molecule has 2 aromatic heterocycles. The Kier molecular flexibility index (Phi) is 10.4. The number of hydrogen-bond acceptors (Lipinski definition) is 2. The molecular weight excluding hydrogens is 937 g/mol. The van der Waals surface area contributed by atoms with Gasteiger partial charge in [-0.25, -0.2) is 0 Å². The number of aromatic nitrogens is 1. The predicted molar refractivity (Wildman–Crippen MR) is 322 cm³/mol. The molecule has 0 radical (unpaired) electrons. The van der Waals surface area contributed by atoms with Crippen LogP contribution in [-0.4, -0.2) is 12.6 Å². The number of hydrogen-bond donors (Lipinski definition) is 0. The van der Waals surface area contributed by atoms with Gasteiger partial charge < -0.3 is 13.9 Å². The van der Waals surface area contributed by atoms with E-state index in [4.69, 9.17) is 4.42 Å². The Bertz CT molecular complexity index is 4290. The Hall–Kier alpha value is -9.48. The lowest BCUT2D eigenvalue weighted by atomic mass is 9.88. The molecule has 0 saturated heterocycles. The molecule has 358 valence electrons. The van der Waals surface area contributed by atoms with Crippen LogP contribution in [0.4, 0.5) is 17.1 Å². The van der Waals surface area contributed by atoms with Crippen molar-refractivity contribution in [3.05, 3.63) is 291 Å². The summed E-state index contributed by atoms with van der Waals surface area (Å²) in [6.45, 7) is 0. The highest BCUT2D eigenvalue weighted by Crippen LogP contribution is 2.51. The monoisotopic (exact) mass is 986 g/mol. The van der Waals surface area contributed by atoms with Crippen molar-refractivity contribution < 1.29 is 4.42 Å². The molecule has 0 spiro atoms. The van der Waals surface area contributed by atoms with E-state index >= 15 is 0 Å². The molecule has 2 aliphatic rings. The molecule has 15 rings (SSSR count). The molecule has 1 atom stereocenters. The minimum absolute atomic E-state index is 0.361. The smallest absolute Gasteiger partial charge is 0.179 e. The molecule has 76 heavy (non-hydrogen) atoms. The second-order valence-electron chi connectivity index (χ2n) is 20.3. The van der Waals surface area contributed by atoms with Crippen molar-refractivity contribution in [1.82, 2.24) is 4.57 Å². The maximum absolute atomic E-state index is 6.31. The third kappa shape index (κ3) is 7.02. The zero-order valence-corrected chi connectivity index (χ0v) is 42.7. The van der Waals surface area contributed by atoms with E-state index in [9.17, 15) is 0 Å². The molecule has 0 amide bonds. The lowest BCUT2D eigenvalue weighted by Gasteiger charge is -2.34. The summed E-state index contributed by atoms with van der Waals surface area (Å²) in [4.78, 5) is 2.38. The van der Waals surface area contributed by atoms with Crippen LogP contribution in [0.25, 0.3) is 82.8 Å².